The molecule has 0 bridgehead atoms. The van der Waals surface area contributed by atoms with Gasteiger partial charge in [0.05, 0.1) is 6.10 Å². The van der Waals surface area contributed by atoms with Gasteiger partial charge in [-0.05, 0) is 13.8 Å². The monoisotopic (exact) mass is 269 g/mol. The van der Waals surface area contributed by atoms with Gasteiger partial charge in [-0.2, -0.15) is 4.98 Å². The Morgan fingerprint density at radius 2 is 2.26 bits per heavy atom. The van der Waals surface area contributed by atoms with Gasteiger partial charge in [0, 0.05) is 32.4 Å². The first-order valence-corrected chi connectivity index (χ1v) is 6.01. The van der Waals surface area contributed by atoms with Crippen LogP contribution in [0.3, 0.4) is 0 Å². The van der Waals surface area contributed by atoms with E-state index in [0.29, 0.717) is 18.9 Å². The number of methoxy groups -OCH3 is 1. The fourth-order valence-electron chi connectivity index (χ4n) is 1.37. The number of aromatic nitrogens is 2. The lowest BCUT2D eigenvalue weighted by molar-refractivity contribution is -0.138. The van der Waals surface area contributed by atoms with E-state index in [1.807, 2.05) is 13.8 Å². The summed E-state index contributed by atoms with van der Waals surface area (Å²) in [4.78, 5) is 19.1. The number of carboxylic acid groups (broad SMARTS) is 1. The van der Waals surface area contributed by atoms with E-state index in [4.69, 9.17) is 14.6 Å². The van der Waals surface area contributed by atoms with E-state index in [2.05, 4.69) is 15.3 Å². The molecule has 0 saturated heterocycles. The van der Waals surface area contributed by atoms with E-state index in [9.17, 15) is 4.79 Å². The van der Waals surface area contributed by atoms with E-state index >= 15 is 0 Å². The van der Waals surface area contributed by atoms with Crippen LogP contribution in [0.25, 0.3) is 0 Å². The first kappa shape index (κ1) is 15.2. The lowest BCUT2D eigenvalue weighted by Crippen LogP contribution is -2.31. The highest BCUT2D eigenvalue weighted by atomic mass is 16.5. The standard InChI is InChI=1S/C12H19N3O4/c1-8(2)19-10-4-6-13-12(15-10)14-9(11(16)17)5-7-18-3/h4,6,8-9H,5,7H2,1-3H3,(H,16,17)(H,13,14,15). The van der Waals surface area contributed by atoms with Gasteiger partial charge in [0.1, 0.15) is 6.04 Å². The van der Waals surface area contributed by atoms with E-state index in [0.717, 1.165) is 0 Å². The zero-order valence-corrected chi connectivity index (χ0v) is 11.3. The summed E-state index contributed by atoms with van der Waals surface area (Å²) in [7, 11) is 1.52. The van der Waals surface area contributed by atoms with Crippen LogP contribution in [-0.2, 0) is 9.53 Å². The van der Waals surface area contributed by atoms with Crippen molar-refractivity contribution in [3.63, 3.8) is 0 Å². The zero-order chi connectivity index (χ0) is 14.3. The molecule has 0 saturated carbocycles. The molecule has 0 fully saturated rings. The molecule has 1 aromatic rings. The van der Waals surface area contributed by atoms with Crippen molar-refractivity contribution in [1.29, 1.82) is 0 Å². The Morgan fingerprint density at radius 3 is 2.84 bits per heavy atom. The number of hydrogen-bond acceptors (Lipinski definition) is 6. The number of carboxylic acids is 1. The molecule has 19 heavy (non-hydrogen) atoms. The number of nitrogens with one attached hydrogen (secondary N) is 1. The van der Waals surface area contributed by atoms with Crippen LogP contribution in [-0.4, -0.2) is 46.9 Å². The molecule has 0 aliphatic rings. The van der Waals surface area contributed by atoms with Gasteiger partial charge in [0.15, 0.2) is 0 Å². The molecule has 0 aromatic carbocycles. The second-order valence-corrected chi connectivity index (χ2v) is 4.20. The Balaban J connectivity index is 2.70. The molecule has 7 heteroatoms. The highest BCUT2D eigenvalue weighted by molar-refractivity contribution is 5.76. The Bertz CT molecular complexity index is 412. The third kappa shape index (κ3) is 5.52. The lowest BCUT2D eigenvalue weighted by atomic mass is 10.2. The SMILES string of the molecule is COCCC(Nc1nccc(OC(C)C)n1)C(=O)O. The van der Waals surface area contributed by atoms with Crippen LogP contribution in [0.4, 0.5) is 5.95 Å². The van der Waals surface area contributed by atoms with Crippen molar-refractivity contribution in [1.82, 2.24) is 9.97 Å². The normalized spacial score (nSPS) is 12.2. The Kier molecular flexibility index (Phi) is 6.01. The van der Waals surface area contributed by atoms with Crippen LogP contribution < -0.4 is 10.1 Å². The highest BCUT2D eigenvalue weighted by Gasteiger charge is 2.18. The molecular formula is C12H19N3O4. The average Bonchev–Trinajstić information content (AvgIpc) is 2.33. The van der Waals surface area contributed by atoms with Gasteiger partial charge in [0.2, 0.25) is 11.8 Å². The maximum absolute atomic E-state index is 11.1. The van der Waals surface area contributed by atoms with E-state index < -0.39 is 12.0 Å². The molecule has 1 unspecified atom stereocenters. The summed E-state index contributed by atoms with van der Waals surface area (Å²) in [5.41, 5.74) is 0. The summed E-state index contributed by atoms with van der Waals surface area (Å²) >= 11 is 0. The molecule has 1 aromatic heterocycles. The fourth-order valence-corrected chi connectivity index (χ4v) is 1.37. The second-order valence-electron chi connectivity index (χ2n) is 4.20. The first-order valence-electron chi connectivity index (χ1n) is 6.01. The summed E-state index contributed by atoms with van der Waals surface area (Å²) in [6.07, 6.45) is 1.83. The molecule has 2 N–H and O–H groups in total. The predicted octanol–water partition coefficient (Wildman–Crippen LogP) is 1.17. The predicted molar refractivity (Wildman–Crippen MR) is 69.3 cm³/mol. The van der Waals surface area contributed by atoms with Crippen molar-refractivity contribution in [2.45, 2.75) is 32.4 Å². The van der Waals surface area contributed by atoms with Crippen LogP contribution in [0.1, 0.15) is 20.3 Å². The molecule has 1 atom stereocenters. The summed E-state index contributed by atoms with van der Waals surface area (Å²) in [5.74, 6) is -0.346. The van der Waals surface area contributed by atoms with Crippen LogP contribution >= 0.6 is 0 Å². The van der Waals surface area contributed by atoms with E-state index in [1.54, 1.807) is 6.07 Å². The quantitative estimate of drug-likeness (QED) is 0.731. The smallest absolute Gasteiger partial charge is 0.326 e. The van der Waals surface area contributed by atoms with Gasteiger partial charge < -0.3 is 19.9 Å². The van der Waals surface area contributed by atoms with E-state index in [1.165, 1.54) is 13.3 Å². The van der Waals surface area contributed by atoms with Crippen molar-refractivity contribution in [3.8, 4) is 5.88 Å². The third-order valence-electron chi connectivity index (χ3n) is 2.20. The van der Waals surface area contributed by atoms with Crippen molar-refractivity contribution in [3.05, 3.63) is 12.3 Å². The Labute approximate surface area is 112 Å². The number of anilines is 1. The molecule has 0 radical (unpaired) electrons. The zero-order valence-electron chi connectivity index (χ0n) is 11.3. The summed E-state index contributed by atoms with van der Waals surface area (Å²) in [6, 6.07) is 0.824. The van der Waals surface area contributed by atoms with Gasteiger partial charge in [-0.3, -0.25) is 0 Å². The van der Waals surface area contributed by atoms with Gasteiger partial charge in [-0.25, -0.2) is 9.78 Å². The van der Waals surface area contributed by atoms with Gasteiger partial charge >= 0.3 is 5.97 Å². The molecule has 7 nitrogen and oxygen atoms in total. The van der Waals surface area contributed by atoms with Crippen LogP contribution in [0.2, 0.25) is 0 Å². The molecule has 1 heterocycles. The fraction of sp³-hybridized carbons (Fsp3) is 0.583. The number of hydrogen-bond donors (Lipinski definition) is 2. The van der Waals surface area contributed by atoms with Crippen LogP contribution in [0.5, 0.6) is 5.88 Å². The van der Waals surface area contributed by atoms with Crippen LogP contribution in [0, 0.1) is 0 Å². The molecule has 106 valence electrons. The van der Waals surface area contributed by atoms with Crippen molar-refractivity contribution < 1.29 is 19.4 Å². The topological polar surface area (TPSA) is 93.6 Å². The third-order valence-corrected chi connectivity index (χ3v) is 2.20. The van der Waals surface area contributed by atoms with Gasteiger partial charge in [-0.15, -0.1) is 0 Å². The largest absolute Gasteiger partial charge is 0.480 e. The molecular weight excluding hydrogens is 250 g/mol. The van der Waals surface area contributed by atoms with E-state index in [-0.39, 0.29) is 12.1 Å². The number of carbonyl (C=O) groups is 1. The van der Waals surface area contributed by atoms with Crippen molar-refractivity contribution >= 4 is 11.9 Å². The average molecular weight is 269 g/mol. The lowest BCUT2D eigenvalue weighted by Gasteiger charge is -2.15. The molecule has 0 spiro atoms. The Morgan fingerprint density at radius 1 is 1.53 bits per heavy atom. The number of rotatable bonds is 8. The minimum Gasteiger partial charge on any atom is -0.480 e. The molecule has 0 aliphatic heterocycles. The Hall–Kier alpha value is -1.89. The first-order chi connectivity index (χ1) is 9.02. The molecule has 1 rings (SSSR count). The summed E-state index contributed by atoms with van der Waals surface area (Å²) in [6.45, 7) is 4.11. The maximum atomic E-state index is 11.1. The number of aliphatic carboxylic acids is 1. The number of ether oxygens (including phenoxy) is 2. The minimum atomic E-state index is -0.976. The van der Waals surface area contributed by atoms with Crippen LogP contribution in [0.15, 0.2) is 12.3 Å². The summed E-state index contributed by atoms with van der Waals surface area (Å²) < 4.78 is 10.3. The maximum Gasteiger partial charge on any atom is 0.326 e. The van der Waals surface area contributed by atoms with Gasteiger partial charge in [0.25, 0.3) is 0 Å². The summed E-state index contributed by atoms with van der Waals surface area (Å²) in [5, 5.41) is 11.8. The second kappa shape index (κ2) is 7.52. The minimum absolute atomic E-state index is 0.00786. The highest BCUT2D eigenvalue weighted by Crippen LogP contribution is 2.11. The molecule has 0 amide bonds. The van der Waals surface area contributed by atoms with Gasteiger partial charge in [-0.1, -0.05) is 0 Å². The van der Waals surface area contributed by atoms with Crippen molar-refractivity contribution in [2.24, 2.45) is 0 Å². The number of nitrogens with zero attached hydrogens (tertiary/aromatic N) is 2. The van der Waals surface area contributed by atoms with Crippen molar-refractivity contribution in [2.75, 3.05) is 19.0 Å². The molecule has 0 aliphatic carbocycles.